The Hall–Kier alpha value is -2.57. The van der Waals surface area contributed by atoms with E-state index in [1.165, 1.54) is 6.07 Å². The van der Waals surface area contributed by atoms with Gasteiger partial charge in [-0.1, -0.05) is 18.2 Å². The van der Waals surface area contributed by atoms with Crippen molar-refractivity contribution in [3.63, 3.8) is 0 Å². The van der Waals surface area contributed by atoms with Crippen LogP contribution in [0.5, 0.6) is 0 Å². The van der Waals surface area contributed by atoms with Gasteiger partial charge in [-0.2, -0.15) is 13.2 Å². The third kappa shape index (κ3) is 5.26. The van der Waals surface area contributed by atoms with Gasteiger partial charge in [0.25, 0.3) is 0 Å². The Morgan fingerprint density at radius 2 is 2.00 bits per heavy atom. The minimum absolute atomic E-state index is 0.387. The lowest BCUT2D eigenvalue weighted by atomic mass is 10.1. The Balaban J connectivity index is 1.85. The molecule has 128 valence electrons. The molecule has 7 heteroatoms. The van der Waals surface area contributed by atoms with E-state index in [2.05, 4.69) is 15.6 Å². The molecule has 2 rings (SSSR count). The average Bonchev–Trinajstić information content (AvgIpc) is 2.55. The molecule has 0 radical (unpaired) electrons. The van der Waals surface area contributed by atoms with E-state index in [9.17, 15) is 18.0 Å². The van der Waals surface area contributed by atoms with Gasteiger partial charge in [-0.05, 0) is 36.8 Å². The van der Waals surface area contributed by atoms with Crippen LogP contribution in [0.4, 0.5) is 18.0 Å². The van der Waals surface area contributed by atoms with Crippen molar-refractivity contribution >= 4 is 6.03 Å². The summed E-state index contributed by atoms with van der Waals surface area (Å²) in [6.07, 6.45) is -2.15. The molecule has 0 aliphatic carbocycles. The predicted molar refractivity (Wildman–Crippen MR) is 84.3 cm³/mol. The molecule has 1 heterocycles. The highest BCUT2D eigenvalue weighted by molar-refractivity contribution is 5.74. The first-order chi connectivity index (χ1) is 11.4. The number of aromatic nitrogens is 1. The Kier molecular flexibility index (Phi) is 5.78. The number of pyridine rings is 1. The molecule has 0 fully saturated rings. The van der Waals surface area contributed by atoms with Crippen LogP contribution in [0, 0.1) is 0 Å². The van der Waals surface area contributed by atoms with Gasteiger partial charge in [0.05, 0.1) is 11.6 Å². The first kappa shape index (κ1) is 17.8. The fourth-order valence-corrected chi connectivity index (χ4v) is 2.17. The van der Waals surface area contributed by atoms with Gasteiger partial charge in [0.15, 0.2) is 0 Å². The van der Waals surface area contributed by atoms with Crippen LogP contribution in [0.25, 0.3) is 0 Å². The number of benzene rings is 1. The zero-order chi connectivity index (χ0) is 17.6. The largest absolute Gasteiger partial charge is 0.416 e. The van der Waals surface area contributed by atoms with Crippen molar-refractivity contribution in [1.29, 1.82) is 0 Å². The number of nitrogens with one attached hydrogen (secondary N) is 2. The summed E-state index contributed by atoms with van der Waals surface area (Å²) in [5.74, 6) is 0. The summed E-state index contributed by atoms with van der Waals surface area (Å²) in [6.45, 7) is 2.02. The van der Waals surface area contributed by atoms with Gasteiger partial charge in [-0.15, -0.1) is 0 Å². The standard InChI is InChI=1S/C17H18F3N3O/c1-12(13-5-4-6-14(11-13)17(18,19)20)23-16(24)22-10-8-15-7-2-3-9-21-15/h2-7,9,11-12H,8,10H2,1H3,(H2,22,23,24). The molecule has 2 N–H and O–H groups in total. The topological polar surface area (TPSA) is 54.0 Å². The number of urea groups is 1. The fourth-order valence-electron chi connectivity index (χ4n) is 2.17. The molecule has 2 aromatic rings. The average molecular weight is 337 g/mol. The molecule has 2 amide bonds. The van der Waals surface area contributed by atoms with Crippen LogP contribution in [0.1, 0.15) is 29.8 Å². The first-order valence-electron chi connectivity index (χ1n) is 7.47. The monoisotopic (exact) mass is 337 g/mol. The van der Waals surface area contributed by atoms with Gasteiger partial charge in [0, 0.05) is 24.9 Å². The smallest absolute Gasteiger partial charge is 0.338 e. The maximum atomic E-state index is 12.7. The second-order valence-electron chi connectivity index (χ2n) is 5.32. The van der Waals surface area contributed by atoms with Crippen LogP contribution in [0.2, 0.25) is 0 Å². The lowest BCUT2D eigenvalue weighted by Gasteiger charge is -2.16. The van der Waals surface area contributed by atoms with E-state index in [1.807, 2.05) is 12.1 Å². The van der Waals surface area contributed by atoms with Gasteiger partial charge in [-0.3, -0.25) is 4.98 Å². The summed E-state index contributed by atoms with van der Waals surface area (Å²) >= 11 is 0. The lowest BCUT2D eigenvalue weighted by molar-refractivity contribution is -0.137. The molecular weight excluding hydrogens is 319 g/mol. The Morgan fingerprint density at radius 3 is 2.67 bits per heavy atom. The number of rotatable bonds is 5. The minimum atomic E-state index is -4.40. The third-order valence-electron chi connectivity index (χ3n) is 3.45. The molecule has 4 nitrogen and oxygen atoms in total. The fraction of sp³-hybridized carbons (Fsp3) is 0.294. The first-order valence-corrected chi connectivity index (χ1v) is 7.47. The Morgan fingerprint density at radius 1 is 1.21 bits per heavy atom. The van der Waals surface area contributed by atoms with Crippen molar-refractivity contribution in [3.8, 4) is 0 Å². The van der Waals surface area contributed by atoms with E-state index in [1.54, 1.807) is 25.3 Å². The summed E-state index contributed by atoms with van der Waals surface area (Å²) in [4.78, 5) is 16.0. The van der Waals surface area contributed by atoms with E-state index in [4.69, 9.17) is 0 Å². The number of amides is 2. The van der Waals surface area contributed by atoms with Crippen LogP contribution in [0.15, 0.2) is 48.7 Å². The van der Waals surface area contributed by atoms with E-state index in [0.717, 1.165) is 17.8 Å². The van der Waals surface area contributed by atoms with Crippen molar-refractivity contribution in [2.45, 2.75) is 25.6 Å². The van der Waals surface area contributed by atoms with Crippen molar-refractivity contribution in [2.75, 3.05) is 6.54 Å². The number of nitrogens with zero attached hydrogens (tertiary/aromatic N) is 1. The number of hydrogen-bond acceptors (Lipinski definition) is 2. The van der Waals surface area contributed by atoms with Gasteiger partial charge in [-0.25, -0.2) is 4.79 Å². The van der Waals surface area contributed by atoms with Gasteiger partial charge in [0.2, 0.25) is 0 Å². The van der Waals surface area contributed by atoms with Crippen LogP contribution >= 0.6 is 0 Å². The van der Waals surface area contributed by atoms with E-state index < -0.39 is 23.8 Å². The molecule has 1 atom stereocenters. The predicted octanol–water partition coefficient (Wildman–Crippen LogP) is 3.70. The highest BCUT2D eigenvalue weighted by Crippen LogP contribution is 2.30. The van der Waals surface area contributed by atoms with E-state index >= 15 is 0 Å². The molecule has 0 aliphatic rings. The molecule has 1 aromatic heterocycles. The molecule has 0 saturated heterocycles. The highest BCUT2D eigenvalue weighted by atomic mass is 19.4. The molecule has 0 bridgehead atoms. The van der Waals surface area contributed by atoms with Crippen molar-refractivity contribution in [1.82, 2.24) is 15.6 Å². The SMILES string of the molecule is CC(NC(=O)NCCc1ccccn1)c1cccc(C(F)(F)F)c1. The maximum Gasteiger partial charge on any atom is 0.416 e. The van der Waals surface area contributed by atoms with Crippen molar-refractivity contribution in [2.24, 2.45) is 0 Å². The van der Waals surface area contributed by atoms with E-state index in [0.29, 0.717) is 18.5 Å². The maximum absolute atomic E-state index is 12.7. The highest BCUT2D eigenvalue weighted by Gasteiger charge is 2.30. The Labute approximate surface area is 138 Å². The summed E-state index contributed by atoms with van der Waals surface area (Å²) in [6, 6.07) is 9.47. The zero-order valence-electron chi connectivity index (χ0n) is 13.1. The minimum Gasteiger partial charge on any atom is -0.338 e. The lowest BCUT2D eigenvalue weighted by Crippen LogP contribution is -2.38. The second kappa shape index (κ2) is 7.81. The van der Waals surface area contributed by atoms with Gasteiger partial charge >= 0.3 is 12.2 Å². The van der Waals surface area contributed by atoms with Crippen LogP contribution in [-0.4, -0.2) is 17.6 Å². The normalized spacial score (nSPS) is 12.5. The molecule has 1 unspecified atom stereocenters. The van der Waals surface area contributed by atoms with Gasteiger partial charge < -0.3 is 10.6 Å². The molecule has 1 aromatic carbocycles. The summed E-state index contributed by atoms with van der Waals surface area (Å²) in [5.41, 5.74) is 0.512. The van der Waals surface area contributed by atoms with Crippen molar-refractivity contribution < 1.29 is 18.0 Å². The third-order valence-corrected chi connectivity index (χ3v) is 3.45. The summed E-state index contributed by atoms with van der Waals surface area (Å²) in [7, 11) is 0. The molecule has 0 spiro atoms. The van der Waals surface area contributed by atoms with E-state index in [-0.39, 0.29) is 0 Å². The number of hydrogen-bond donors (Lipinski definition) is 2. The molecule has 0 aliphatic heterocycles. The molecule has 24 heavy (non-hydrogen) atoms. The number of carbonyl (C=O) groups is 1. The van der Waals surface area contributed by atoms with Gasteiger partial charge in [0.1, 0.15) is 0 Å². The zero-order valence-corrected chi connectivity index (χ0v) is 13.1. The van der Waals surface area contributed by atoms with Crippen molar-refractivity contribution in [3.05, 3.63) is 65.5 Å². The number of halogens is 3. The van der Waals surface area contributed by atoms with Crippen LogP contribution in [-0.2, 0) is 12.6 Å². The summed E-state index contributed by atoms with van der Waals surface area (Å²) < 4.78 is 38.1. The Bertz CT molecular complexity index is 674. The molecule has 0 saturated carbocycles. The van der Waals surface area contributed by atoms with Crippen LogP contribution < -0.4 is 10.6 Å². The number of carbonyl (C=O) groups excluding carboxylic acids is 1. The molecular formula is C17H18F3N3O. The quantitative estimate of drug-likeness (QED) is 0.874. The second-order valence-corrected chi connectivity index (χ2v) is 5.32. The number of alkyl halides is 3. The summed E-state index contributed by atoms with van der Waals surface area (Å²) in [5, 5.41) is 5.29. The van der Waals surface area contributed by atoms with Crippen LogP contribution in [0.3, 0.4) is 0 Å².